The van der Waals surface area contributed by atoms with Gasteiger partial charge in [0.1, 0.15) is 0 Å². The van der Waals surface area contributed by atoms with Crippen molar-refractivity contribution in [2.45, 2.75) is 13.0 Å². The Kier molecular flexibility index (Phi) is 3.44. The minimum atomic E-state index is -0.865. The largest absolute Gasteiger partial charge is 0.479 e. The van der Waals surface area contributed by atoms with Gasteiger partial charge in [0, 0.05) is 10.6 Å². The lowest BCUT2D eigenvalue weighted by Gasteiger charge is -2.15. The molecule has 0 radical (unpaired) electrons. The Morgan fingerprint density at radius 1 is 1.29 bits per heavy atom. The fraction of sp³-hybridized carbons (Fsp3) is 0.154. The Balaban J connectivity index is 2.26. The van der Waals surface area contributed by atoms with Crippen molar-refractivity contribution in [1.82, 2.24) is 0 Å². The summed E-state index contributed by atoms with van der Waals surface area (Å²) in [5.74, 6) is -0.865. The maximum atomic E-state index is 11.3. The number of thiophene rings is 1. The van der Waals surface area contributed by atoms with Gasteiger partial charge in [-0.15, -0.1) is 11.3 Å². The average molecular weight is 247 g/mol. The van der Waals surface area contributed by atoms with Crippen molar-refractivity contribution < 1.29 is 9.90 Å². The minimum absolute atomic E-state index is 0.684. The van der Waals surface area contributed by atoms with Crippen LogP contribution in [0.25, 0.3) is 0 Å². The molecule has 0 aliphatic carbocycles. The van der Waals surface area contributed by atoms with Gasteiger partial charge in [0.25, 0.3) is 0 Å². The van der Waals surface area contributed by atoms with Gasteiger partial charge in [0.05, 0.1) is 0 Å². The first-order valence-corrected chi connectivity index (χ1v) is 6.15. The van der Waals surface area contributed by atoms with Crippen molar-refractivity contribution in [2.75, 3.05) is 5.32 Å². The normalized spacial score (nSPS) is 12.1. The molecule has 4 heteroatoms. The number of para-hydroxylation sites is 1. The number of carboxylic acid groups (broad SMARTS) is 1. The van der Waals surface area contributed by atoms with Crippen LogP contribution in [0.15, 0.2) is 41.8 Å². The minimum Gasteiger partial charge on any atom is -0.479 e. The van der Waals surface area contributed by atoms with E-state index in [2.05, 4.69) is 5.32 Å². The number of aliphatic carboxylic acids is 1. The first-order valence-electron chi connectivity index (χ1n) is 5.27. The van der Waals surface area contributed by atoms with Crippen molar-refractivity contribution in [3.63, 3.8) is 0 Å². The van der Waals surface area contributed by atoms with Gasteiger partial charge in [-0.1, -0.05) is 24.3 Å². The zero-order valence-electron chi connectivity index (χ0n) is 9.38. The summed E-state index contributed by atoms with van der Waals surface area (Å²) in [4.78, 5) is 12.1. The summed E-state index contributed by atoms with van der Waals surface area (Å²) in [5, 5.41) is 14.2. The van der Waals surface area contributed by atoms with Crippen molar-refractivity contribution >= 4 is 23.0 Å². The second-order valence-electron chi connectivity index (χ2n) is 3.75. The van der Waals surface area contributed by atoms with E-state index in [1.165, 1.54) is 11.3 Å². The van der Waals surface area contributed by atoms with Crippen molar-refractivity contribution in [1.29, 1.82) is 0 Å². The predicted molar refractivity (Wildman–Crippen MR) is 69.5 cm³/mol. The van der Waals surface area contributed by atoms with E-state index in [9.17, 15) is 9.90 Å². The summed E-state index contributed by atoms with van der Waals surface area (Å²) in [7, 11) is 0. The molecular formula is C13H13NO2S. The monoisotopic (exact) mass is 247 g/mol. The smallest absolute Gasteiger partial charge is 0.331 e. The van der Waals surface area contributed by atoms with Crippen LogP contribution in [-0.2, 0) is 4.79 Å². The van der Waals surface area contributed by atoms with Gasteiger partial charge in [-0.25, -0.2) is 4.79 Å². The summed E-state index contributed by atoms with van der Waals surface area (Å²) in [6, 6.07) is 10.7. The number of hydrogen-bond donors (Lipinski definition) is 2. The van der Waals surface area contributed by atoms with Gasteiger partial charge in [-0.05, 0) is 30.0 Å². The molecule has 0 amide bonds. The maximum absolute atomic E-state index is 11.3. The van der Waals surface area contributed by atoms with Crippen LogP contribution >= 0.6 is 11.3 Å². The predicted octanol–water partition coefficient (Wildman–Crippen LogP) is 3.29. The molecule has 0 aliphatic rings. The first-order chi connectivity index (χ1) is 8.18. The summed E-state index contributed by atoms with van der Waals surface area (Å²) in [6.45, 7) is 1.95. The third kappa shape index (κ3) is 2.65. The molecule has 17 heavy (non-hydrogen) atoms. The number of hydrogen-bond acceptors (Lipinski definition) is 3. The number of aryl methyl sites for hydroxylation is 1. The summed E-state index contributed by atoms with van der Waals surface area (Å²) < 4.78 is 0. The molecule has 2 N–H and O–H groups in total. The van der Waals surface area contributed by atoms with Gasteiger partial charge >= 0.3 is 5.97 Å². The Morgan fingerprint density at radius 2 is 2.06 bits per heavy atom. The third-order valence-corrected chi connectivity index (χ3v) is 3.46. The van der Waals surface area contributed by atoms with Crippen LogP contribution in [0.5, 0.6) is 0 Å². The molecule has 0 unspecified atom stereocenters. The third-order valence-electron chi connectivity index (χ3n) is 2.52. The Hall–Kier alpha value is -1.81. The summed E-state index contributed by atoms with van der Waals surface area (Å²) >= 11 is 1.44. The number of anilines is 1. The molecule has 2 rings (SSSR count). The average Bonchev–Trinajstić information content (AvgIpc) is 2.81. The van der Waals surface area contributed by atoms with Crippen LogP contribution in [-0.4, -0.2) is 11.1 Å². The highest BCUT2D eigenvalue weighted by Gasteiger charge is 2.20. The van der Waals surface area contributed by atoms with E-state index in [0.717, 1.165) is 16.1 Å². The van der Waals surface area contributed by atoms with E-state index in [1.807, 2.05) is 48.7 Å². The van der Waals surface area contributed by atoms with E-state index < -0.39 is 12.0 Å². The first kappa shape index (κ1) is 11.7. The molecular weight excluding hydrogens is 234 g/mol. The lowest BCUT2D eigenvalue weighted by atomic mass is 10.1. The van der Waals surface area contributed by atoms with Gasteiger partial charge in [-0.2, -0.15) is 0 Å². The van der Waals surface area contributed by atoms with Crippen molar-refractivity contribution in [3.8, 4) is 0 Å². The molecule has 2 aromatic rings. The molecule has 1 atom stereocenters. The Bertz CT molecular complexity index is 508. The standard InChI is InChI=1S/C13H13NO2S/c1-9-5-2-3-6-10(9)14-12(13(15)16)11-7-4-8-17-11/h2-8,12,14H,1H3,(H,15,16)/t12-/m0/s1. The second-order valence-corrected chi connectivity index (χ2v) is 4.73. The van der Waals surface area contributed by atoms with Crippen molar-refractivity contribution in [2.24, 2.45) is 0 Å². The number of carbonyl (C=O) groups is 1. The molecule has 88 valence electrons. The van der Waals surface area contributed by atoms with E-state index >= 15 is 0 Å². The molecule has 0 spiro atoms. The second kappa shape index (κ2) is 5.01. The van der Waals surface area contributed by atoms with Crippen molar-refractivity contribution in [3.05, 3.63) is 52.2 Å². The molecule has 0 bridgehead atoms. The maximum Gasteiger partial charge on any atom is 0.331 e. The quantitative estimate of drug-likeness (QED) is 0.871. The van der Waals surface area contributed by atoms with Crippen LogP contribution in [0.2, 0.25) is 0 Å². The Labute approximate surface area is 104 Å². The number of benzene rings is 1. The zero-order valence-corrected chi connectivity index (χ0v) is 10.2. The SMILES string of the molecule is Cc1ccccc1N[C@H](C(=O)O)c1cccs1. The summed E-state index contributed by atoms with van der Waals surface area (Å²) in [6.07, 6.45) is 0. The number of carboxylic acids is 1. The van der Waals surface area contributed by atoms with E-state index in [4.69, 9.17) is 0 Å². The van der Waals surface area contributed by atoms with Gasteiger partial charge < -0.3 is 10.4 Å². The van der Waals surface area contributed by atoms with Crippen LogP contribution in [0.4, 0.5) is 5.69 Å². The fourth-order valence-corrected chi connectivity index (χ4v) is 2.37. The van der Waals surface area contributed by atoms with Gasteiger partial charge in [0.15, 0.2) is 6.04 Å². The molecule has 3 nitrogen and oxygen atoms in total. The highest BCUT2D eigenvalue weighted by atomic mass is 32.1. The van der Waals surface area contributed by atoms with E-state index in [1.54, 1.807) is 0 Å². The van der Waals surface area contributed by atoms with Crippen LogP contribution < -0.4 is 5.32 Å². The molecule has 1 aromatic carbocycles. The van der Waals surface area contributed by atoms with E-state index in [0.29, 0.717) is 0 Å². The molecule has 0 aliphatic heterocycles. The highest BCUT2D eigenvalue weighted by molar-refractivity contribution is 7.10. The molecule has 1 aromatic heterocycles. The molecule has 0 saturated heterocycles. The zero-order chi connectivity index (χ0) is 12.3. The summed E-state index contributed by atoms with van der Waals surface area (Å²) in [5.41, 5.74) is 1.89. The van der Waals surface area contributed by atoms with Crippen LogP contribution in [0.3, 0.4) is 0 Å². The van der Waals surface area contributed by atoms with Crippen LogP contribution in [0, 0.1) is 6.92 Å². The van der Waals surface area contributed by atoms with Crippen LogP contribution in [0.1, 0.15) is 16.5 Å². The molecule has 0 fully saturated rings. The lowest BCUT2D eigenvalue weighted by molar-refractivity contribution is -0.138. The van der Waals surface area contributed by atoms with Gasteiger partial charge in [0.2, 0.25) is 0 Å². The van der Waals surface area contributed by atoms with Gasteiger partial charge in [-0.3, -0.25) is 0 Å². The highest BCUT2D eigenvalue weighted by Crippen LogP contribution is 2.25. The fourth-order valence-electron chi connectivity index (χ4n) is 1.60. The topological polar surface area (TPSA) is 49.3 Å². The number of rotatable bonds is 4. The van der Waals surface area contributed by atoms with E-state index in [-0.39, 0.29) is 0 Å². The number of nitrogens with one attached hydrogen (secondary N) is 1. The Morgan fingerprint density at radius 3 is 2.65 bits per heavy atom. The molecule has 1 heterocycles. The molecule has 0 saturated carbocycles. The lowest BCUT2D eigenvalue weighted by Crippen LogP contribution is -2.19.